The maximum Gasteiger partial charge on any atom is 0.227 e. The second-order valence-corrected chi connectivity index (χ2v) is 6.70. The topological polar surface area (TPSA) is 70.1 Å². The van der Waals surface area contributed by atoms with Gasteiger partial charge in [0.2, 0.25) is 5.91 Å². The van der Waals surface area contributed by atoms with Crippen LogP contribution in [0.25, 0.3) is 0 Å². The van der Waals surface area contributed by atoms with E-state index in [0.29, 0.717) is 18.7 Å². The summed E-state index contributed by atoms with van der Waals surface area (Å²) in [5.74, 6) is -0.0936. The lowest BCUT2D eigenvalue weighted by atomic mass is 9.84. The molecule has 0 aliphatic carbocycles. The van der Waals surface area contributed by atoms with Gasteiger partial charge in [-0.05, 0) is 29.5 Å². The molecule has 1 aromatic carbocycles. The van der Waals surface area contributed by atoms with Crippen LogP contribution in [0.3, 0.4) is 0 Å². The average molecular weight is 287 g/mol. The molecule has 0 radical (unpaired) electrons. The molecule has 114 valence electrons. The summed E-state index contributed by atoms with van der Waals surface area (Å²) >= 11 is 0. The third-order valence-electron chi connectivity index (χ3n) is 3.34. The highest BCUT2D eigenvalue weighted by Gasteiger charge is 2.26. The van der Waals surface area contributed by atoms with Crippen LogP contribution in [0.2, 0.25) is 0 Å². The standard InChI is InChI=1S/C17H25N3O/c1-17(2,3)9-15(11-19)16(21)20(4)12-14-7-5-6-13(8-14)10-18/h5-8,15H,9,11-12,19H2,1-4H3. The Labute approximate surface area is 127 Å². The molecule has 1 rings (SSSR count). The highest BCUT2D eigenvalue weighted by atomic mass is 16.2. The number of carbonyl (C=O) groups is 1. The Bertz CT molecular complexity index is 526. The molecule has 0 spiro atoms. The average Bonchev–Trinajstić information content (AvgIpc) is 2.43. The molecule has 1 amide bonds. The van der Waals surface area contributed by atoms with Gasteiger partial charge in [-0.1, -0.05) is 32.9 Å². The number of amides is 1. The summed E-state index contributed by atoms with van der Waals surface area (Å²) in [7, 11) is 1.78. The van der Waals surface area contributed by atoms with Crippen LogP contribution in [-0.4, -0.2) is 24.4 Å². The van der Waals surface area contributed by atoms with E-state index >= 15 is 0 Å². The van der Waals surface area contributed by atoms with Crippen molar-refractivity contribution < 1.29 is 4.79 Å². The minimum atomic E-state index is -0.158. The van der Waals surface area contributed by atoms with Crippen LogP contribution in [0, 0.1) is 22.7 Å². The van der Waals surface area contributed by atoms with Crippen molar-refractivity contribution in [2.24, 2.45) is 17.1 Å². The van der Waals surface area contributed by atoms with Crippen LogP contribution in [0.4, 0.5) is 0 Å². The van der Waals surface area contributed by atoms with Crippen LogP contribution in [0.5, 0.6) is 0 Å². The van der Waals surface area contributed by atoms with Crippen molar-refractivity contribution in [3.63, 3.8) is 0 Å². The minimum Gasteiger partial charge on any atom is -0.341 e. The molecule has 0 aliphatic rings. The molecule has 1 aromatic rings. The number of nitrogens with zero attached hydrogens (tertiary/aromatic N) is 2. The number of carbonyl (C=O) groups excluding carboxylic acids is 1. The monoisotopic (exact) mass is 287 g/mol. The Morgan fingerprint density at radius 1 is 1.43 bits per heavy atom. The van der Waals surface area contributed by atoms with Gasteiger partial charge in [-0.2, -0.15) is 5.26 Å². The predicted octanol–water partition coefficient (Wildman–Crippen LogP) is 2.53. The van der Waals surface area contributed by atoms with Gasteiger partial charge in [0.15, 0.2) is 0 Å². The van der Waals surface area contributed by atoms with Crippen molar-refractivity contribution in [2.45, 2.75) is 33.7 Å². The molecule has 0 bridgehead atoms. The van der Waals surface area contributed by atoms with Crippen LogP contribution in [-0.2, 0) is 11.3 Å². The van der Waals surface area contributed by atoms with Crippen molar-refractivity contribution in [1.29, 1.82) is 5.26 Å². The molecule has 0 saturated heterocycles. The molecule has 21 heavy (non-hydrogen) atoms. The zero-order valence-corrected chi connectivity index (χ0v) is 13.4. The molecular weight excluding hydrogens is 262 g/mol. The fourth-order valence-electron chi connectivity index (χ4n) is 2.41. The van der Waals surface area contributed by atoms with Gasteiger partial charge < -0.3 is 10.6 Å². The summed E-state index contributed by atoms with van der Waals surface area (Å²) in [5.41, 5.74) is 7.40. The van der Waals surface area contributed by atoms with Crippen LogP contribution >= 0.6 is 0 Å². The molecule has 0 heterocycles. The summed E-state index contributed by atoms with van der Waals surface area (Å²) in [5, 5.41) is 8.91. The first-order valence-corrected chi connectivity index (χ1v) is 7.21. The number of benzene rings is 1. The fraction of sp³-hybridized carbons (Fsp3) is 0.529. The Morgan fingerprint density at radius 3 is 2.62 bits per heavy atom. The SMILES string of the molecule is CN(Cc1cccc(C#N)c1)C(=O)C(CN)CC(C)(C)C. The van der Waals surface area contributed by atoms with Crippen molar-refractivity contribution in [3.05, 3.63) is 35.4 Å². The zero-order valence-electron chi connectivity index (χ0n) is 13.4. The Morgan fingerprint density at radius 2 is 2.10 bits per heavy atom. The number of rotatable bonds is 5. The van der Waals surface area contributed by atoms with E-state index in [-0.39, 0.29) is 17.2 Å². The normalized spacial score (nSPS) is 12.6. The molecule has 0 saturated carbocycles. The zero-order chi connectivity index (χ0) is 16.0. The smallest absolute Gasteiger partial charge is 0.227 e. The van der Waals surface area contributed by atoms with Crippen molar-refractivity contribution in [1.82, 2.24) is 4.90 Å². The largest absolute Gasteiger partial charge is 0.341 e. The minimum absolute atomic E-state index is 0.0646. The quantitative estimate of drug-likeness (QED) is 0.904. The Hall–Kier alpha value is -1.86. The van der Waals surface area contributed by atoms with E-state index in [1.54, 1.807) is 18.0 Å². The first-order chi connectivity index (χ1) is 9.76. The van der Waals surface area contributed by atoms with Gasteiger partial charge in [0.05, 0.1) is 17.6 Å². The van der Waals surface area contributed by atoms with Gasteiger partial charge in [0.1, 0.15) is 0 Å². The van der Waals surface area contributed by atoms with Gasteiger partial charge in [0.25, 0.3) is 0 Å². The van der Waals surface area contributed by atoms with E-state index < -0.39 is 0 Å². The molecule has 0 aromatic heterocycles. The number of hydrogen-bond donors (Lipinski definition) is 1. The van der Waals surface area contributed by atoms with Gasteiger partial charge in [-0.25, -0.2) is 0 Å². The van der Waals surface area contributed by atoms with Crippen molar-refractivity contribution in [2.75, 3.05) is 13.6 Å². The van der Waals surface area contributed by atoms with Crippen LogP contribution in [0.15, 0.2) is 24.3 Å². The first kappa shape index (κ1) is 17.2. The van der Waals surface area contributed by atoms with Crippen LogP contribution in [0.1, 0.15) is 38.3 Å². The second-order valence-electron chi connectivity index (χ2n) is 6.70. The molecule has 0 fully saturated rings. The number of nitrogens with two attached hydrogens (primary N) is 1. The third kappa shape index (κ3) is 5.57. The maximum atomic E-state index is 12.5. The lowest BCUT2D eigenvalue weighted by Crippen LogP contribution is -2.38. The second kappa shape index (κ2) is 7.24. The molecule has 0 aliphatic heterocycles. The van der Waals surface area contributed by atoms with Gasteiger partial charge in [-0.3, -0.25) is 4.79 Å². The van der Waals surface area contributed by atoms with Gasteiger partial charge in [0, 0.05) is 20.1 Å². The molecule has 4 heteroatoms. The first-order valence-electron chi connectivity index (χ1n) is 7.21. The van der Waals surface area contributed by atoms with Crippen LogP contribution < -0.4 is 5.73 Å². The van der Waals surface area contributed by atoms with E-state index in [1.165, 1.54) is 0 Å². The van der Waals surface area contributed by atoms with Crippen molar-refractivity contribution in [3.8, 4) is 6.07 Å². The predicted molar refractivity (Wildman–Crippen MR) is 84.2 cm³/mol. The Balaban J connectivity index is 2.75. The number of nitriles is 1. The van der Waals surface area contributed by atoms with E-state index in [4.69, 9.17) is 11.0 Å². The Kier molecular flexibility index (Phi) is 5.92. The highest BCUT2D eigenvalue weighted by Crippen LogP contribution is 2.25. The van der Waals surface area contributed by atoms with E-state index in [9.17, 15) is 4.79 Å². The van der Waals surface area contributed by atoms with Gasteiger partial charge in [-0.15, -0.1) is 0 Å². The fourth-order valence-corrected chi connectivity index (χ4v) is 2.41. The molecule has 1 unspecified atom stereocenters. The molecular formula is C17H25N3O. The van der Waals surface area contributed by atoms with Gasteiger partial charge >= 0.3 is 0 Å². The molecule has 1 atom stereocenters. The summed E-state index contributed by atoms with van der Waals surface area (Å²) in [6, 6.07) is 9.44. The summed E-state index contributed by atoms with van der Waals surface area (Å²) < 4.78 is 0. The van der Waals surface area contributed by atoms with E-state index in [1.807, 2.05) is 18.2 Å². The lowest BCUT2D eigenvalue weighted by Gasteiger charge is -2.28. The number of hydrogen-bond acceptors (Lipinski definition) is 3. The molecule has 2 N–H and O–H groups in total. The highest BCUT2D eigenvalue weighted by molar-refractivity contribution is 5.78. The van der Waals surface area contributed by atoms with E-state index in [0.717, 1.165) is 12.0 Å². The summed E-state index contributed by atoms with van der Waals surface area (Å²) in [4.78, 5) is 14.2. The molecule has 4 nitrogen and oxygen atoms in total. The maximum absolute atomic E-state index is 12.5. The van der Waals surface area contributed by atoms with E-state index in [2.05, 4.69) is 26.8 Å². The summed E-state index contributed by atoms with van der Waals surface area (Å²) in [6.07, 6.45) is 0.769. The van der Waals surface area contributed by atoms with Crippen molar-refractivity contribution >= 4 is 5.91 Å². The lowest BCUT2D eigenvalue weighted by molar-refractivity contribution is -0.135. The summed E-state index contributed by atoms with van der Waals surface area (Å²) in [6.45, 7) is 7.19. The third-order valence-corrected chi connectivity index (χ3v) is 3.34.